The molecule has 1 fully saturated rings. The number of aliphatic hydroxyl groups excluding tert-OH is 1. The van der Waals surface area contributed by atoms with Gasteiger partial charge in [-0.2, -0.15) is 0 Å². The lowest BCUT2D eigenvalue weighted by molar-refractivity contribution is -0.548. The van der Waals surface area contributed by atoms with E-state index in [0.29, 0.717) is 0 Å². The van der Waals surface area contributed by atoms with Gasteiger partial charge in [0.05, 0.1) is 6.61 Å². The minimum Gasteiger partial charge on any atom is -0.393 e. The van der Waals surface area contributed by atoms with Crippen molar-refractivity contribution >= 4 is 0 Å². The molecular formula is C12H16O3. The molecule has 1 heterocycles. The van der Waals surface area contributed by atoms with E-state index in [-0.39, 0.29) is 6.61 Å². The van der Waals surface area contributed by atoms with Gasteiger partial charge in [-0.1, -0.05) is 30.3 Å². The van der Waals surface area contributed by atoms with Crippen LogP contribution in [0.2, 0.25) is 0 Å². The van der Waals surface area contributed by atoms with Gasteiger partial charge in [0.25, 0.3) is 0 Å². The monoisotopic (exact) mass is 208 g/mol. The van der Waals surface area contributed by atoms with E-state index in [4.69, 9.17) is 9.78 Å². The van der Waals surface area contributed by atoms with E-state index in [1.807, 2.05) is 44.2 Å². The Hall–Kier alpha value is -0.900. The van der Waals surface area contributed by atoms with Gasteiger partial charge in [-0.25, -0.2) is 9.78 Å². The van der Waals surface area contributed by atoms with Crippen molar-refractivity contribution in [3.05, 3.63) is 35.9 Å². The SMILES string of the molecule is C[C@]1(CO)OO[C@]1(C)Cc1ccccc1. The summed E-state index contributed by atoms with van der Waals surface area (Å²) in [4.78, 5) is 10.2. The normalized spacial score (nSPS) is 34.9. The molecule has 3 heteroatoms. The van der Waals surface area contributed by atoms with Gasteiger partial charge in [-0.05, 0) is 19.4 Å². The van der Waals surface area contributed by atoms with Crippen LogP contribution in [0.25, 0.3) is 0 Å². The highest BCUT2D eigenvalue weighted by Crippen LogP contribution is 2.42. The first-order valence-corrected chi connectivity index (χ1v) is 5.11. The fraction of sp³-hybridized carbons (Fsp3) is 0.500. The van der Waals surface area contributed by atoms with Crippen molar-refractivity contribution in [2.75, 3.05) is 6.61 Å². The average Bonchev–Trinajstić information content (AvgIpc) is 2.28. The molecule has 1 aromatic rings. The Balaban J connectivity index is 2.13. The van der Waals surface area contributed by atoms with Gasteiger partial charge in [0.1, 0.15) is 5.60 Å². The molecule has 1 aliphatic rings. The van der Waals surface area contributed by atoms with E-state index in [1.165, 1.54) is 5.56 Å². The molecule has 2 rings (SSSR count). The number of rotatable bonds is 3. The largest absolute Gasteiger partial charge is 0.393 e. The lowest BCUT2D eigenvalue weighted by atomic mass is 9.80. The number of hydrogen-bond donors (Lipinski definition) is 1. The van der Waals surface area contributed by atoms with Gasteiger partial charge in [-0.15, -0.1) is 0 Å². The number of benzene rings is 1. The second-order valence-electron chi connectivity index (χ2n) is 4.45. The van der Waals surface area contributed by atoms with Crippen LogP contribution in [0.4, 0.5) is 0 Å². The summed E-state index contributed by atoms with van der Waals surface area (Å²) in [5.74, 6) is 0. The smallest absolute Gasteiger partial charge is 0.156 e. The Kier molecular flexibility index (Phi) is 2.54. The Bertz CT molecular complexity index is 334. The molecule has 2 atom stereocenters. The van der Waals surface area contributed by atoms with Crippen LogP contribution in [0.1, 0.15) is 19.4 Å². The van der Waals surface area contributed by atoms with Crippen LogP contribution in [0, 0.1) is 0 Å². The molecule has 0 aromatic heterocycles. The van der Waals surface area contributed by atoms with E-state index in [1.54, 1.807) is 0 Å². The molecule has 0 aliphatic carbocycles. The fourth-order valence-electron chi connectivity index (χ4n) is 1.72. The van der Waals surface area contributed by atoms with Crippen molar-refractivity contribution in [1.82, 2.24) is 0 Å². The summed E-state index contributed by atoms with van der Waals surface area (Å²) in [6, 6.07) is 10.1. The van der Waals surface area contributed by atoms with E-state index in [9.17, 15) is 5.11 Å². The van der Waals surface area contributed by atoms with Crippen LogP contribution >= 0.6 is 0 Å². The van der Waals surface area contributed by atoms with Crippen molar-refractivity contribution in [3.8, 4) is 0 Å². The van der Waals surface area contributed by atoms with E-state index in [2.05, 4.69) is 0 Å². The Labute approximate surface area is 89.6 Å². The molecule has 82 valence electrons. The first-order chi connectivity index (χ1) is 7.10. The third-order valence-corrected chi connectivity index (χ3v) is 3.21. The highest BCUT2D eigenvalue weighted by Gasteiger charge is 2.57. The van der Waals surface area contributed by atoms with Crippen molar-refractivity contribution < 1.29 is 14.9 Å². The molecule has 1 N–H and O–H groups in total. The highest BCUT2D eigenvalue weighted by atomic mass is 17.3. The molecule has 1 aromatic carbocycles. The zero-order valence-corrected chi connectivity index (χ0v) is 9.06. The lowest BCUT2D eigenvalue weighted by Gasteiger charge is -2.52. The summed E-state index contributed by atoms with van der Waals surface area (Å²) in [6.45, 7) is 3.79. The second kappa shape index (κ2) is 3.59. The minimum atomic E-state index is -0.594. The quantitative estimate of drug-likeness (QED) is 0.768. The second-order valence-corrected chi connectivity index (χ2v) is 4.45. The van der Waals surface area contributed by atoms with Crippen molar-refractivity contribution in [2.45, 2.75) is 31.5 Å². The zero-order chi connectivity index (χ0) is 10.9. The number of aliphatic hydroxyl groups is 1. The predicted octanol–water partition coefficient (Wildman–Crippen LogP) is 1.70. The Morgan fingerprint density at radius 3 is 2.13 bits per heavy atom. The standard InChI is InChI=1S/C12H16O3/c1-11(12(2,9-13)15-14-11)8-10-6-4-3-5-7-10/h3-7,13H,8-9H2,1-2H3/t11-,12-/m1/s1. The van der Waals surface area contributed by atoms with Gasteiger partial charge in [0.15, 0.2) is 5.60 Å². The molecule has 1 aliphatic heterocycles. The lowest BCUT2D eigenvalue weighted by Crippen LogP contribution is -2.66. The summed E-state index contributed by atoms with van der Waals surface area (Å²) >= 11 is 0. The van der Waals surface area contributed by atoms with Crippen molar-refractivity contribution in [2.24, 2.45) is 0 Å². The number of hydrogen-bond acceptors (Lipinski definition) is 3. The summed E-state index contributed by atoms with van der Waals surface area (Å²) in [5, 5.41) is 9.25. The first kappa shape index (κ1) is 10.6. The zero-order valence-electron chi connectivity index (χ0n) is 9.06. The topological polar surface area (TPSA) is 38.7 Å². The maximum atomic E-state index is 9.25. The van der Waals surface area contributed by atoms with Crippen LogP contribution in [0.15, 0.2) is 30.3 Å². The van der Waals surface area contributed by atoms with Crippen LogP contribution in [0.5, 0.6) is 0 Å². The molecule has 15 heavy (non-hydrogen) atoms. The highest BCUT2D eigenvalue weighted by molar-refractivity contribution is 5.19. The molecule has 0 spiro atoms. The van der Waals surface area contributed by atoms with E-state index >= 15 is 0 Å². The molecule has 0 amide bonds. The minimum absolute atomic E-state index is 0.0314. The van der Waals surface area contributed by atoms with Crippen molar-refractivity contribution in [3.63, 3.8) is 0 Å². The maximum Gasteiger partial charge on any atom is 0.156 e. The van der Waals surface area contributed by atoms with Gasteiger partial charge in [-0.3, -0.25) is 0 Å². The third kappa shape index (κ3) is 1.67. The van der Waals surface area contributed by atoms with Gasteiger partial charge in [0, 0.05) is 6.42 Å². The molecule has 0 bridgehead atoms. The van der Waals surface area contributed by atoms with Gasteiger partial charge < -0.3 is 5.11 Å². The summed E-state index contributed by atoms with van der Waals surface area (Å²) < 4.78 is 0. The molecular weight excluding hydrogens is 192 g/mol. The van der Waals surface area contributed by atoms with Crippen molar-refractivity contribution in [1.29, 1.82) is 0 Å². The van der Waals surface area contributed by atoms with Gasteiger partial charge >= 0.3 is 0 Å². The van der Waals surface area contributed by atoms with Crippen LogP contribution in [0.3, 0.4) is 0 Å². The Morgan fingerprint density at radius 2 is 1.67 bits per heavy atom. The summed E-state index contributed by atoms with van der Waals surface area (Å²) in [7, 11) is 0. The summed E-state index contributed by atoms with van der Waals surface area (Å²) in [6.07, 6.45) is 0.741. The molecule has 1 saturated heterocycles. The maximum absolute atomic E-state index is 9.25. The molecule has 0 saturated carbocycles. The van der Waals surface area contributed by atoms with Crippen LogP contribution < -0.4 is 0 Å². The molecule has 3 nitrogen and oxygen atoms in total. The Morgan fingerprint density at radius 1 is 1.07 bits per heavy atom. The van der Waals surface area contributed by atoms with Gasteiger partial charge in [0.2, 0.25) is 0 Å². The molecule has 0 radical (unpaired) electrons. The summed E-state index contributed by atoms with van der Waals surface area (Å²) in [5.41, 5.74) is 0.148. The fourth-order valence-corrected chi connectivity index (χ4v) is 1.72. The van der Waals surface area contributed by atoms with E-state index < -0.39 is 11.2 Å². The average molecular weight is 208 g/mol. The predicted molar refractivity (Wildman–Crippen MR) is 56.2 cm³/mol. The van der Waals surface area contributed by atoms with Crippen LogP contribution in [-0.4, -0.2) is 22.9 Å². The third-order valence-electron chi connectivity index (χ3n) is 3.21. The first-order valence-electron chi connectivity index (χ1n) is 5.11. The van der Waals surface area contributed by atoms with Crippen LogP contribution in [-0.2, 0) is 16.2 Å². The van der Waals surface area contributed by atoms with E-state index in [0.717, 1.165) is 6.42 Å². The molecule has 0 unspecified atom stereocenters.